The Balaban J connectivity index is 1.42. The molecule has 2 unspecified atom stereocenters. The average Bonchev–Trinajstić information content (AvgIpc) is 3.48. The lowest BCUT2D eigenvalue weighted by atomic mass is 9.84. The van der Waals surface area contributed by atoms with Crippen LogP contribution >= 0.6 is 0 Å². The van der Waals surface area contributed by atoms with Gasteiger partial charge in [-0.05, 0) is 76.4 Å². The topological polar surface area (TPSA) is 135 Å². The molecule has 2 saturated heterocycles. The Morgan fingerprint density at radius 3 is 2.70 bits per heavy atom. The summed E-state index contributed by atoms with van der Waals surface area (Å²) in [5.41, 5.74) is -1.84. The van der Waals surface area contributed by atoms with Gasteiger partial charge >= 0.3 is 5.69 Å². The maximum absolute atomic E-state index is 15.2. The molecule has 2 aliphatic heterocycles. The van der Waals surface area contributed by atoms with E-state index in [0.717, 1.165) is 53.9 Å². The number of nitrogens with one attached hydrogen (secondary N) is 2. The number of halogens is 2. The van der Waals surface area contributed by atoms with Gasteiger partial charge in [0.2, 0.25) is 5.95 Å². The summed E-state index contributed by atoms with van der Waals surface area (Å²) in [5.74, 6) is -1.40. The molecule has 0 amide bonds. The molecular formula is C26H35F2N9O3. The lowest BCUT2D eigenvalue weighted by molar-refractivity contribution is 0.0283. The first-order chi connectivity index (χ1) is 18.8. The number of nitrogens with zero attached hydrogens (tertiary/aromatic N) is 7. The summed E-state index contributed by atoms with van der Waals surface area (Å²) >= 11 is 0. The highest BCUT2D eigenvalue weighted by Crippen LogP contribution is 2.38. The molecule has 1 aromatic carbocycles. The fourth-order valence-electron chi connectivity index (χ4n) is 5.60. The molecule has 2 atom stereocenters. The number of anilines is 3. The number of hydrogen-bond acceptors (Lipinski definition) is 10. The molecule has 0 saturated carbocycles. The molecule has 0 aliphatic carbocycles. The van der Waals surface area contributed by atoms with E-state index in [1.54, 1.807) is 0 Å². The second kappa shape index (κ2) is 10.4. The SMILES string of the molecule is Cn1nnn(-c2cc(Nc3ncc(F)c(NC4CC5CCCN5C(C)(C)C4)n3)c(F)cc2OCC(C)(C)O)c1=O. The van der Waals surface area contributed by atoms with Crippen LogP contribution in [0.25, 0.3) is 5.69 Å². The largest absolute Gasteiger partial charge is 0.488 e. The van der Waals surface area contributed by atoms with Gasteiger partial charge in [0.25, 0.3) is 0 Å². The summed E-state index contributed by atoms with van der Waals surface area (Å²) in [5, 5.41) is 23.6. The van der Waals surface area contributed by atoms with Crippen molar-refractivity contribution in [1.82, 2.24) is 34.7 Å². The summed E-state index contributed by atoms with van der Waals surface area (Å²) in [7, 11) is 1.42. The third-order valence-electron chi connectivity index (χ3n) is 7.37. The molecule has 5 rings (SSSR count). The smallest absolute Gasteiger partial charge is 0.368 e. The normalized spacial score (nSPS) is 20.8. The van der Waals surface area contributed by atoms with Crippen LogP contribution in [-0.2, 0) is 7.05 Å². The molecule has 2 aromatic heterocycles. The predicted molar refractivity (Wildman–Crippen MR) is 144 cm³/mol. The van der Waals surface area contributed by atoms with Crippen LogP contribution in [0.3, 0.4) is 0 Å². The monoisotopic (exact) mass is 559 g/mol. The van der Waals surface area contributed by atoms with Crippen LogP contribution in [0.2, 0.25) is 0 Å². The molecule has 3 N–H and O–H groups in total. The molecule has 2 aliphatic rings. The quantitative estimate of drug-likeness (QED) is 0.378. The van der Waals surface area contributed by atoms with Crippen LogP contribution in [0.15, 0.2) is 23.1 Å². The summed E-state index contributed by atoms with van der Waals surface area (Å²) in [6.45, 7) is 8.39. The molecular weight excluding hydrogens is 524 g/mol. The van der Waals surface area contributed by atoms with Crippen LogP contribution in [-0.4, -0.2) is 76.1 Å². The number of hydrogen-bond donors (Lipinski definition) is 3. The number of rotatable bonds is 8. The van der Waals surface area contributed by atoms with Crippen molar-refractivity contribution in [3.05, 3.63) is 40.4 Å². The van der Waals surface area contributed by atoms with E-state index in [1.807, 2.05) is 0 Å². The second-order valence-corrected chi connectivity index (χ2v) is 11.8. The maximum atomic E-state index is 15.2. The van der Waals surface area contributed by atoms with Gasteiger partial charge in [0.15, 0.2) is 17.5 Å². The Hall–Kier alpha value is -3.65. The predicted octanol–water partition coefficient (Wildman–Crippen LogP) is 2.74. The number of piperidine rings is 1. The van der Waals surface area contributed by atoms with E-state index in [2.05, 4.69) is 49.8 Å². The minimum absolute atomic E-state index is 0.0191. The average molecular weight is 560 g/mol. The lowest BCUT2D eigenvalue weighted by Crippen LogP contribution is -2.55. The number of aliphatic hydroxyl groups is 1. The number of tetrazole rings is 1. The van der Waals surface area contributed by atoms with E-state index < -0.39 is 22.9 Å². The van der Waals surface area contributed by atoms with Crippen molar-refractivity contribution in [2.24, 2.45) is 7.05 Å². The van der Waals surface area contributed by atoms with Gasteiger partial charge in [0, 0.05) is 30.7 Å². The number of benzene rings is 1. The third kappa shape index (κ3) is 5.77. The minimum atomic E-state index is -1.22. The Labute approximate surface area is 230 Å². The van der Waals surface area contributed by atoms with E-state index in [1.165, 1.54) is 27.0 Å². The highest BCUT2D eigenvalue weighted by Gasteiger charge is 2.43. The van der Waals surface area contributed by atoms with Crippen molar-refractivity contribution in [2.45, 2.75) is 76.6 Å². The lowest BCUT2D eigenvalue weighted by Gasteiger charge is -2.47. The summed E-state index contributed by atoms with van der Waals surface area (Å²) < 4.78 is 37.6. The molecule has 2 fully saturated rings. The van der Waals surface area contributed by atoms with Crippen molar-refractivity contribution in [3.8, 4) is 11.4 Å². The van der Waals surface area contributed by atoms with Crippen molar-refractivity contribution >= 4 is 17.5 Å². The van der Waals surface area contributed by atoms with Gasteiger partial charge in [0.1, 0.15) is 18.0 Å². The van der Waals surface area contributed by atoms with Crippen molar-refractivity contribution in [1.29, 1.82) is 0 Å². The van der Waals surface area contributed by atoms with Gasteiger partial charge in [-0.3, -0.25) is 4.90 Å². The van der Waals surface area contributed by atoms with Gasteiger partial charge in [-0.1, -0.05) is 0 Å². The van der Waals surface area contributed by atoms with E-state index in [9.17, 15) is 14.3 Å². The van der Waals surface area contributed by atoms with Crippen molar-refractivity contribution in [3.63, 3.8) is 0 Å². The first-order valence-corrected chi connectivity index (χ1v) is 13.3. The standard InChI is InChI=1S/C26H35F2N9O3/c1-25(2)12-15(9-16-7-6-8-36(16)25)30-22-18(28)13-29-23(32-22)31-19-11-20(37-24(38)35(5)33-34-37)21(10-17(19)27)40-14-26(3,4)39/h10-11,13,15-16,39H,6-9,12,14H2,1-5H3,(H2,29,30,31,32). The summed E-state index contributed by atoms with van der Waals surface area (Å²) in [6.07, 6.45) is 5.01. The van der Waals surface area contributed by atoms with Crippen LogP contribution in [0.4, 0.5) is 26.2 Å². The zero-order valence-corrected chi connectivity index (χ0v) is 23.3. The van der Waals surface area contributed by atoms with E-state index in [-0.39, 0.29) is 47.1 Å². The van der Waals surface area contributed by atoms with Gasteiger partial charge < -0.3 is 20.5 Å². The highest BCUT2D eigenvalue weighted by molar-refractivity contribution is 5.63. The van der Waals surface area contributed by atoms with Gasteiger partial charge in [-0.15, -0.1) is 0 Å². The first-order valence-electron chi connectivity index (χ1n) is 13.3. The molecule has 14 heteroatoms. The summed E-state index contributed by atoms with van der Waals surface area (Å²) in [6, 6.07) is 2.82. The van der Waals surface area contributed by atoms with E-state index >= 15 is 4.39 Å². The number of fused-ring (bicyclic) bond motifs is 1. The molecule has 40 heavy (non-hydrogen) atoms. The van der Waals surface area contributed by atoms with Crippen molar-refractivity contribution in [2.75, 3.05) is 23.8 Å². The molecule has 0 radical (unpaired) electrons. The molecule has 3 aromatic rings. The molecule has 12 nitrogen and oxygen atoms in total. The van der Waals surface area contributed by atoms with Crippen LogP contribution in [0.5, 0.6) is 5.75 Å². The first kappa shape index (κ1) is 27.9. The van der Waals surface area contributed by atoms with Crippen LogP contribution in [0.1, 0.15) is 53.4 Å². The Morgan fingerprint density at radius 2 is 2.00 bits per heavy atom. The Morgan fingerprint density at radius 1 is 1.23 bits per heavy atom. The second-order valence-electron chi connectivity index (χ2n) is 11.8. The highest BCUT2D eigenvalue weighted by atomic mass is 19.1. The third-order valence-corrected chi connectivity index (χ3v) is 7.37. The van der Waals surface area contributed by atoms with Crippen molar-refractivity contribution < 1.29 is 18.6 Å². The van der Waals surface area contributed by atoms with E-state index in [0.29, 0.717) is 6.04 Å². The van der Waals surface area contributed by atoms with Gasteiger partial charge in [0.05, 0.1) is 17.5 Å². The minimum Gasteiger partial charge on any atom is -0.488 e. The molecule has 0 bridgehead atoms. The molecule has 216 valence electrons. The number of aromatic nitrogens is 6. The maximum Gasteiger partial charge on any atom is 0.368 e. The zero-order valence-electron chi connectivity index (χ0n) is 23.3. The fraction of sp³-hybridized carbons (Fsp3) is 0.577. The van der Waals surface area contributed by atoms with Crippen LogP contribution < -0.4 is 21.1 Å². The molecule has 4 heterocycles. The van der Waals surface area contributed by atoms with E-state index in [4.69, 9.17) is 4.74 Å². The van der Waals surface area contributed by atoms with Crippen LogP contribution in [0, 0.1) is 11.6 Å². The molecule has 0 spiro atoms. The Kier molecular flexibility index (Phi) is 7.25. The number of aryl methyl sites for hydroxylation is 1. The summed E-state index contributed by atoms with van der Waals surface area (Å²) in [4.78, 5) is 23.4. The number of ether oxygens (including phenoxy) is 1. The van der Waals surface area contributed by atoms with Gasteiger partial charge in [-0.2, -0.15) is 14.3 Å². The fourth-order valence-corrected chi connectivity index (χ4v) is 5.60. The Bertz CT molecular complexity index is 1450. The zero-order chi connectivity index (χ0) is 28.8. The van der Waals surface area contributed by atoms with Gasteiger partial charge in [-0.25, -0.2) is 18.6 Å².